The summed E-state index contributed by atoms with van der Waals surface area (Å²) in [6, 6.07) is 7.03. The van der Waals surface area contributed by atoms with E-state index < -0.39 is 0 Å². The van der Waals surface area contributed by atoms with Crippen molar-refractivity contribution in [1.82, 2.24) is 0 Å². The molecule has 20 heavy (non-hydrogen) atoms. The third-order valence-electron chi connectivity index (χ3n) is 4.74. The second kappa shape index (κ2) is 5.44. The van der Waals surface area contributed by atoms with E-state index in [4.69, 9.17) is 0 Å². The molecule has 2 aromatic carbocycles. The van der Waals surface area contributed by atoms with Crippen LogP contribution >= 0.6 is 0 Å². The highest BCUT2D eigenvalue weighted by atomic mass is 14.2. The molecule has 0 amide bonds. The lowest BCUT2D eigenvalue weighted by atomic mass is 9.87. The molecule has 0 unspecified atom stereocenters. The molecule has 0 bridgehead atoms. The van der Waals surface area contributed by atoms with E-state index >= 15 is 0 Å². The molecule has 0 N–H and O–H groups in total. The van der Waals surface area contributed by atoms with Crippen molar-refractivity contribution in [2.45, 2.75) is 54.9 Å². The van der Waals surface area contributed by atoms with Crippen molar-refractivity contribution in [3.05, 3.63) is 57.1 Å². The summed E-state index contributed by atoms with van der Waals surface area (Å²) in [4.78, 5) is 0. The molecule has 0 saturated carbocycles. The van der Waals surface area contributed by atoms with Gasteiger partial charge in [0.2, 0.25) is 0 Å². The van der Waals surface area contributed by atoms with Gasteiger partial charge in [0.1, 0.15) is 0 Å². The van der Waals surface area contributed by atoms with Crippen LogP contribution in [0.4, 0.5) is 0 Å². The van der Waals surface area contributed by atoms with Gasteiger partial charge in [0.05, 0.1) is 0 Å². The second-order valence-corrected chi connectivity index (χ2v) is 6.07. The average molecular weight is 266 g/mol. The fourth-order valence-electron chi connectivity index (χ4n) is 3.21. The summed E-state index contributed by atoms with van der Waals surface area (Å²) in [6.07, 6.45) is 1.12. The molecule has 0 heterocycles. The largest absolute Gasteiger partial charge is 0.0613 e. The SMILES string of the molecule is CCc1c(C)cc(-c2cc(C)c(C)cc2C)c(C)c1C. The van der Waals surface area contributed by atoms with E-state index in [1.54, 1.807) is 0 Å². The van der Waals surface area contributed by atoms with Crippen LogP contribution in [0.1, 0.15) is 45.9 Å². The molecule has 2 rings (SSSR count). The summed E-state index contributed by atoms with van der Waals surface area (Å²) in [5.41, 5.74) is 12.7. The third kappa shape index (κ3) is 2.40. The smallest absolute Gasteiger partial charge is 0.0146 e. The number of hydrogen-bond acceptors (Lipinski definition) is 0. The van der Waals surface area contributed by atoms with Gasteiger partial charge in [-0.25, -0.2) is 0 Å². The van der Waals surface area contributed by atoms with Crippen LogP contribution in [0.5, 0.6) is 0 Å². The van der Waals surface area contributed by atoms with Crippen molar-refractivity contribution in [3.8, 4) is 11.1 Å². The first kappa shape index (κ1) is 14.8. The molecule has 0 aliphatic rings. The summed E-state index contributed by atoms with van der Waals surface area (Å²) in [5.74, 6) is 0. The van der Waals surface area contributed by atoms with E-state index in [2.05, 4.69) is 66.7 Å². The molecular formula is C20H26. The summed E-state index contributed by atoms with van der Waals surface area (Å²) < 4.78 is 0. The van der Waals surface area contributed by atoms with Crippen molar-refractivity contribution in [3.63, 3.8) is 0 Å². The lowest BCUT2D eigenvalue weighted by Crippen LogP contribution is -1.99. The van der Waals surface area contributed by atoms with Gasteiger partial charge in [-0.15, -0.1) is 0 Å². The molecule has 0 saturated heterocycles. The molecule has 0 atom stereocenters. The first-order chi connectivity index (χ1) is 9.36. The van der Waals surface area contributed by atoms with Gasteiger partial charge in [0.15, 0.2) is 0 Å². The average Bonchev–Trinajstić information content (AvgIpc) is 2.39. The number of rotatable bonds is 2. The lowest BCUT2D eigenvalue weighted by molar-refractivity contribution is 1.07. The Hall–Kier alpha value is -1.56. The zero-order valence-corrected chi connectivity index (χ0v) is 13.9. The maximum Gasteiger partial charge on any atom is -0.0146 e. The van der Waals surface area contributed by atoms with Gasteiger partial charge in [-0.05, 0) is 98.0 Å². The molecule has 0 aliphatic heterocycles. The minimum atomic E-state index is 1.12. The fraction of sp³-hybridized carbons (Fsp3) is 0.400. The van der Waals surface area contributed by atoms with Crippen LogP contribution < -0.4 is 0 Å². The first-order valence-corrected chi connectivity index (χ1v) is 7.54. The third-order valence-corrected chi connectivity index (χ3v) is 4.74. The van der Waals surface area contributed by atoms with Gasteiger partial charge in [0.25, 0.3) is 0 Å². The quantitative estimate of drug-likeness (QED) is 0.647. The van der Waals surface area contributed by atoms with Crippen molar-refractivity contribution in [2.75, 3.05) is 0 Å². The lowest BCUT2D eigenvalue weighted by Gasteiger charge is -2.18. The van der Waals surface area contributed by atoms with E-state index in [0.29, 0.717) is 0 Å². The van der Waals surface area contributed by atoms with Crippen molar-refractivity contribution in [1.29, 1.82) is 0 Å². The zero-order valence-electron chi connectivity index (χ0n) is 13.9. The Balaban J connectivity index is 2.74. The van der Waals surface area contributed by atoms with E-state index in [9.17, 15) is 0 Å². The number of aryl methyl sites for hydroxylation is 4. The topological polar surface area (TPSA) is 0 Å². The van der Waals surface area contributed by atoms with Gasteiger partial charge < -0.3 is 0 Å². The Morgan fingerprint density at radius 1 is 0.600 bits per heavy atom. The van der Waals surface area contributed by atoms with Crippen molar-refractivity contribution in [2.24, 2.45) is 0 Å². The van der Waals surface area contributed by atoms with Crippen LogP contribution in [0.3, 0.4) is 0 Å². The monoisotopic (exact) mass is 266 g/mol. The molecule has 0 aliphatic carbocycles. The standard InChI is InChI=1S/C20H26/c1-8-18-15(5)11-20(17(7)16(18)6)19-10-13(3)12(2)9-14(19)4/h9-11H,8H2,1-7H3. The fourth-order valence-corrected chi connectivity index (χ4v) is 3.21. The molecule has 0 spiro atoms. The summed E-state index contributed by atoms with van der Waals surface area (Å²) >= 11 is 0. The van der Waals surface area contributed by atoms with Crippen LogP contribution in [0.15, 0.2) is 18.2 Å². The van der Waals surface area contributed by atoms with Crippen LogP contribution in [0.25, 0.3) is 11.1 Å². The molecule has 0 nitrogen and oxygen atoms in total. The highest BCUT2D eigenvalue weighted by Gasteiger charge is 2.12. The molecule has 106 valence electrons. The van der Waals surface area contributed by atoms with Gasteiger partial charge in [-0.1, -0.05) is 25.1 Å². The maximum atomic E-state index is 2.37. The highest BCUT2D eigenvalue weighted by Crippen LogP contribution is 2.33. The van der Waals surface area contributed by atoms with Gasteiger partial charge in [-0.2, -0.15) is 0 Å². The zero-order chi connectivity index (χ0) is 15.0. The van der Waals surface area contributed by atoms with Gasteiger partial charge in [0, 0.05) is 0 Å². The summed E-state index contributed by atoms with van der Waals surface area (Å²) in [7, 11) is 0. The molecule has 2 aromatic rings. The van der Waals surface area contributed by atoms with Crippen LogP contribution in [-0.2, 0) is 6.42 Å². The summed E-state index contributed by atoms with van der Waals surface area (Å²) in [5, 5.41) is 0. The molecule has 0 aromatic heterocycles. The minimum Gasteiger partial charge on any atom is -0.0613 e. The Morgan fingerprint density at radius 2 is 1.15 bits per heavy atom. The predicted molar refractivity (Wildman–Crippen MR) is 89.7 cm³/mol. The van der Waals surface area contributed by atoms with Crippen LogP contribution in [0, 0.1) is 41.5 Å². The normalized spacial score (nSPS) is 10.9. The van der Waals surface area contributed by atoms with Crippen molar-refractivity contribution >= 4 is 0 Å². The van der Waals surface area contributed by atoms with Gasteiger partial charge >= 0.3 is 0 Å². The Labute approximate surface area is 123 Å². The number of benzene rings is 2. The molecular weight excluding hydrogens is 240 g/mol. The molecule has 0 radical (unpaired) electrons. The molecule has 0 fully saturated rings. The van der Waals surface area contributed by atoms with Gasteiger partial charge in [-0.3, -0.25) is 0 Å². The van der Waals surface area contributed by atoms with Crippen LogP contribution in [0.2, 0.25) is 0 Å². The van der Waals surface area contributed by atoms with Crippen LogP contribution in [-0.4, -0.2) is 0 Å². The van der Waals surface area contributed by atoms with E-state index in [-0.39, 0.29) is 0 Å². The molecule has 0 heteroatoms. The Kier molecular flexibility index (Phi) is 4.04. The number of hydrogen-bond donors (Lipinski definition) is 0. The Bertz CT molecular complexity index is 660. The Morgan fingerprint density at radius 3 is 1.75 bits per heavy atom. The van der Waals surface area contributed by atoms with Crippen molar-refractivity contribution < 1.29 is 0 Å². The predicted octanol–water partition coefficient (Wildman–Crippen LogP) is 5.77. The van der Waals surface area contributed by atoms with E-state index in [1.807, 2.05) is 0 Å². The maximum absolute atomic E-state index is 2.37. The first-order valence-electron chi connectivity index (χ1n) is 7.54. The highest BCUT2D eigenvalue weighted by molar-refractivity contribution is 5.74. The minimum absolute atomic E-state index is 1.12. The summed E-state index contributed by atoms with van der Waals surface area (Å²) in [6.45, 7) is 15.6. The van der Waals surface area contributed by atoms with E-state index in [1.165, 1.54) is 50.1 Å². The van der Waals surface area contributed by atoms with E-state index in [0.717, 1.165) is 6.42 Å². The second-order valence-electron chi connectivity index (χ2n) is 6.07.